The average molecular weight is 277 g/mol. The lowest BCUT2D eigenvalue weighted by Crippen LogP contribution is -2.33. The van der Waals surface area contributed by atoms with Crippen LogP contribution >= 0.6 is 0 Å². The zero-order chi connectivity index (χ0) is 14.7. The Bertz CT molecular complexity index is 650. The molecule has 1 saturated heterocycles. The Morgan fingerprint density at radius 1 is 1.55 bits per heavy atom. The standard InChI is InChI=1S/C14H19N3O3/c1-3-11-9(2)7-12(20-11)17-8-10(5-4-6-15)13(18)16-14(17)19/h8-9,11-12H,3,6-7,15H2,1-2H3,(H,16,18,19). The molecule has 0 spiro atoms. The van der Waals surface area contributed by atoms with E-state index >= 15 is 0 Å². The van der Waals surface area contributed by atoms with Gasteiger partial charge in [0.15, 0.2) is 0 Å². The molecule has 1 aromatic rings. The molecule has 1 aliphatic rings. The highest BCUT2D eigenvalue weighted by atomic mass is 16.5. The van der Waals surface area contributed by atoms with Crippen molar-refractivity contribution in [3.05, 3.63) is 32.6 Å². The molecule has 1 aromatic heterocycles. The minimum atomic E-state index is -0.495. The number of rotatable bonds is 2. The van der Waals surface area contributed by atoms with Gasteiger partial charge in [-0.3, -0.25) is 14.3 Å². The van der Waals surface area contributed by atoms with Crippen molar-refractivity contribution < 1.29 is 4.74 Å². The lowest BCUT2D eigenvalue weighted by molar-refractivity contribution is -0.00762. The molecule has 0 aliphatic carbocycles. The summed E-state index contributed by atoms with van der Waals surface area (Å²) in [6.07, 6.45) is 2.89. The topological polar surface area (TPSA) is 90.1 Å². The van der Waals surface area contributed by atoms with Crippen LogP contribution in [0.1, 0.15) is 38.5 Å². The second-order valence-electron chi connectivity index (χ2n) is 4.97. The molecule has 2 heterocycles. The number of nitrogens with two attached hydrogens (primary N) is 1. The van der Waals surface area contributed by atoms with Crippen LogP contribution in [-0.2, 0) is 4.74 Å². The fourth-order valence-electron chi connectivity index (χ4n) is 2.47. The maximum atomic E-state index is 11.9. The molecule has 0 bridgehead atoms. The molecular weight excluding hydrogens is 258 g/mol. The summed E-state index contributed by atoms with van der Waals surface area (Å²) in [4.78, 5) is 25.8. The minimum absolute atomic E-state index is 0.136. The van der Waals surface area contributed by atoms with Gasteiger partial charge in [-0.1, -0.05) is 25.7 Å². The fourth-order valence-corrected chi connectivity index (χ4v) is 2.47. The number of nitrogens with one attached hydrogen (secondary N) is 1. The summed E-state index contributed by atoms with van der Waals surface area (Å²) in [5, 5.41) is 0. The number of aromatic amines is 1. The fraction of sp³-hybridized carbons (Fsp3) is 0.571. The predicted molar refractivity (Wildman–Crippen MR) is 75.2 cm³/mol. The highest BCUT2D eigenvalue weighted by Crippen LogP contribution is 2.33. The van der Waals surface area contributed by atoms with Crippen molar-refractivity contribution >= 4 is 0 Å². The zero-order valence-corrected chi connectivity index (χ0v) is 11.7. The smallest absolute Gasteiger partial charge is 0.330 e. The first-order valence-corrected chi connectivity index (χ1v) is 6.76. The number of ether oxygens (including phenoxy) is 1. The normalized spacial score (nSPS) is 25.2. The highest BCUT2D eigenvalue weighted by Gasteiger charge is 2.32. The van der Waals surface area contributed by atoms with Crippen molar-refractivity contribution in [1.82, 2.24) is 9.55 Å². The van der Waals surface area contributed by atoms with Gasteiger partial charge in [-0.25, -0.2) is 4.79 Å². The van der Waals surface area contributed by atoms with E-state index in [1.807, 2.05) is 0 Å². The van der Waals surface area contributed by atoms with Gasteiger partial charge in [-0.2, -0.15) is 0 Å². The SMILES string of the molecule is CCC1OC(n2cc(C#CCN)c(=O)[nH]c2=O)CC1C. The van der Waals surface area contributed by atoms with Gasteiger partial charge in [0.2, 0.25) is 0 Å². The largest absolute Gasteiger partial charge is 0.354 e. The third kappa shape index (κ3) is 2.84. The van der Waals surface area contributed by atoms with E-state index in [1.165, 1.54) is 10.8 Å². The van der Waals surface area contributed by atoms with Crippen LogP contribution in [0.3, 0.4) is 0 Å². The molecule has 2 rings (SSSR count). The van der Waals surface area contributed by atoms with Crippen LogP contribution in [0.15, 0.2) is 15.8 Å². The Balaban J connectivity index is 2.38. The average Bonchev–Trinajstić information content (AvgIpc) is 2.79. The Hall–Kier alpha value is -1.84. The van der Waals surface area contributed by atoms with Crippen molar-refractivity contribution in [2.75, 3.05) is 6.54 Å². The highest BCUT2D eigenvalue weighted by molar-refractivity contribution is 5.29. The van der Waals surface area contributed by atoms with Gasteiger partial charge < -0.3 is 10.5 Å². The third-order valence-corrected chi connectivity index (χ3v) is 3.55. The van der Waals surface area contributed by atoms with Gasteiger partial charge in [0.1, 0.15) is 11.8 Å². The Kier molecular flexibility index (Phi) is 4.42. The molecule has 20 heavy (non-hydrogen) atoms. The summed E-state index contributed by atoms with van der Waals surface area (Å²) < 4.78 is 7.27. The molecule has 0 radical (unpaired) electrons. The third-order valence-electron chi connectivity index (χ3n) is 3.55. The van der Waals surface area contributed by atoms with E-state index in [9.17, 15) is 9.59 Å². The van der Waals surface area contributed by atoms with Crippen molar-refractivity contribution in [3.8, 4) is 11.8 Å². The molecule has 6 heteroatoms. The number of hydrogen-bond acceptors (Lipinski definition) is 4. The van der Waals surface area contributed by atoms with Crippen LogP contribution in [0.2, 0.25) is 0 Å². The van der Waals surface area contributed by atoms with E-state index in [0.29, 0.717) is 5.92 Å². The van der Waals surface area contributed by atoms with E-state index < -0.39 is 11.2 Å². The van der Waals surface area contributed by atoms with E-state index in [0.717, 1.165) is 12.8 Å². The summed E-state index contributed by atoms with van der Waals surface area (Å²) in [6.45, 7) is 4.31. The molecule has 0 saturated carbocycles. The molecule has 108 valence electrons. The first kappa shape index (κ1) is 14.6. The van der Waals surface area contributed by atoms with Crippen LogP contribution < -0.4 is 17.0 Å². The van der Waals surface area contributed by atoms with Gasteiger partial charge >= 0.3 is 5.69 Å². The van der Waals surface area contributed by atoms with Gasteiger partial charge in [-0.05, 0) is 18.8 Å². The van der Waals surface area contributed by atoms with Crippen LogP contribution in [0, 0.1) is 17.8 Å². The van der Waals surface area contributed by atoms with E-state index in [4.69, 9.17) is 10.5 Å². The van der Waals surface area contributed by atoms with Crippen molar-refractivity contribution in [3.63, 3.8) is 0 Å². The number of nitrogens with zero attached hydrogens (tertiary/aromatic N) is 1. The monoisotopic (exact) mass is 277 g/mol. The summed E-state index contributed by atoms with van der Waals surface area (Å²) in [5.74, 6) is 5.66. The Morgan fingerprint density at radius 3 is 2.90 bits per heavy atom. The van der Waals surface area contributed by atoms with Crippen LogP contribution in [0.25, 0.3) is 0 Å². The van der Waals surface area contributed by atoms with E-state index in [2.05, 4.69) is 30.7 Å². The molecule has 3 atom stereocenters. The molecule has 6 nitrogen and oxygen atoms in total. The number of hydrogen-bond donors (Lipinski definition) is 2. The first-order chi connectivity index (χ1) is 9.56. The molecule has 1 aliphatic heterocycles. The molecule has 0 amide bonds. The molecule has 3 unspecified atom stereocenters. The number of aromatic nitrogens is 2. The molecule has 0 aromatic carbocycles. The second-order valence-corrected chi connectivity index (χ2v) is 4.97. The van der Waals surface area contributed by atoms with Crippen LogP contribution in [-0.4, -0.2) is 22.2 Å². The molecule has 3 N–H and O–H groups in total. The molecular formula is C14H19N3O3. The Morgan fingerprint density at radius 2 is 2.30 bits per heavy atom. The maximum Gasteiger partial charge on any atom is 0.330 e. The number of H-pyrrole nitrogens is 1. The lowest BCUT2D eigenvalue weighted by atomic mass is 10.0. The van der Waals surface area contributed by atoms with Gasteiger partial charge in [0.05, 0.1) is 12.6 Å². The van der Waals surface area contributed by atoms with Crippen molar-refractivity contribution in [2.24, 2.45) is 11.7 Å². The first-order valence-electron chi connectivity index (χ1n) is 6.76. The minimum Gasteiger partial charge on any atom is -0.354 e. The Labute approximate surface area is 116 Å². The second kappa shape index (κ2) is 6.07. The predicted octanol–water partition coefficient (Wildman–Crippen LogP) is 0.180. The summed E-state index contributed by atoms with van der Waals surface area (Å²) in [7, 11) is 0. The van der Waals surface area contributed by atoms with Crippen LogP contribution in [0.5, 0.6) is 0 Å². The van der Waals surface area contributed by atoms with E-state index in [1.54, 1.807) is 0 Å². The van der Waals surface area contributed by atoms with Gasteiger partial charge in [0.25, 0.3) is 5.56 Å². The quantitative estimate of drug-likeness (QED) is 0.755. The van der Waals surface area contributed by atoms with Crippen molar-refractivity contribution in [1.29, 1.82) is 0 Å². The summed E-state index contributed by atoms with van der Waals surface area (Å²) in [5.41, 5.74) is 4.55. The molecule has 1 fully saturated rings. The van der Waals surface area contributed by atoms with Crippen molar-refractivity contribution in [2.45, 2.75) is 39.0 Å². The summed E-state index contributed by atoms with van der Waals surface area (Å²) in [6, 6.07) is 0. The van der Waals surface area contributed by atoms with Crippen LogP contribution in [0.4, 0.5) is 0 Å². The van der Waals surface area contributed by atoms with Gasteiger partial charge in [0, 0.05) is 6.20 Å². The maximum absolute atomic E-state index is 11.9. The van der Waals surface area contributed by atoms with Gasteiger partial charge in [-0.15, -0.1) is 0 Å². The zero-order valence-electron chi connectivity index (χ0n) is 11.7. The van der Waals surface area contributed by atoms with E-state index in [-0.39, 0.29) is 24.4 Å². The summed E-state index contributed by atoms with van der Waals surface area (Å²) >= 11 is 0. The lowest BCUT2D eigenvalue weighted by Gasteiger charge is -2.15.